The molecule has 2 aromatic carbocycles. The number of rotatable bonds is 14. The molecule has 0 aliphatic carbocycles. The minimum atomic E-state index is -3.20. The number of nitrogens with one attached hydrogen (secondary N) is 1. The quantitative estimate of drug-likeness (QED) is 0.134. The number of hydrogen-bond donors (Lipinski definition) is 2. The summed E-state index contributed by atoms with van der Waals surface area (Å²) in [6.07, 6.45) is -0.467. The average molecular weight is 877 g/mol. The zero-order valence-electron chi connectivity index (χ0n) is 35.3. The van der Waals surface area contributed by atoms with E-state index in [2.05, 4.69) is 33.6 Å². The molecule has 6 rings (SSSR count). The number of benzene rings is 2. The van der Waals surface area contributed by atoms with Gasteiger partial charge in [0, 0.05) is 87.3 Å². The number of aromatic nitrogens is 2. The molecule has 3 N–H and O–H groups in total. The van der Waals surface area contributed by atoms with Crippen molar-refractivity contribution in [3.05, 3.63) is 119 Å². The summed E-state index contributed by atoms with van der Waals surface area (Å²) >= 11 is 0. The molecule has 15 nitrogen and oxygen atoms in total. The molecule has 336 valence electrons. The highest BCUT2D eigenvalue weighted by molar-refractivity contribution is 5.99. The van der Waals surface area contributed by atoms with E-state index >= 15 is 0 Å². The minimum absolute atomic E-state index is 0.0784. The molecule has 0 unspecified atom stereocenters. The molecule has 0 saturated carbocycles. The Kier molecular flexibility index (Phi) is 17.6. The smallest absolute Gasteiger partial charge is 0.324 e. The molecular weight excluding hydrogens is 825 g/mol. The predicted octanol–water partition coefficient (Wildman–Crippen LogP) is 4.68. The largest absolute Gasteiger partial charge is 0.344 e. The van der Waals surface area contributed by atoms with E-state index in [1.165, 1.54) is 59.8 Å². The van der Waals surface area contributed by atoms with Crippen LogP contribution in [0.1, 0.15) is 46.0 Å². The number of anilines is 2. The number of piperazine rings is 2. The van der Waals surface area contributed by atoms with Crippen molar-refractivity contribution in [1.82, 2.24) is 34.9 Å². The molecule has 2 aromatic heterocycles. The normalized spacial score (nSPS) is 14.4. The van der Waals surface area contributed by atoms with Crippen LogP contribution in [0.25, 0.3) is 0 Å². The second-order valence-electron chi connectivity index (χ2n) is 14.7. The summed E-state index contributed by atoms with van der Waals surface area (Å²) in [6.45, 7) is 11.3. The van der Waals surface area contributed by atoms with E-state index in [0.29, 0.717) is 54.5 Å². The molecule has 19 heteroatoms. The van der Waals surface area contributed by atoms with Gasteiger partial charge >= 0.3 is 18.5 Å². The number of carbonyl (C=O) groups is 5. The topological polar surface area (TPSA) is 169 Å². The summed E-state index contributed by atoms with van der Waals surface area (Å²) in [6, 6.07) is 17.4. The van der Waals surface area contributed by atoms with E-state index in [0.717, 1.165) is 39.3 Å². The number of Topliss-reactive ketones (excluding diaryl/α,β-unsaturated/α-hetero) is 2. The van der Waals surface area contributed by atoms with Crippen molar-refractivity contribution >= 4 is 40.9 Å². The second kappa shape index (κ2) is 23.2. The number of nitrogens with two attached hydrogens (primary N) is 1. The Balaban J connectivity index is 0.000000240. The molecular formula is C44H52F4N10O5. The Bertz CT molecular complexity index is 2130. The summed E-state index contributed by atoms with van der Waals surface area (Å²) < 4.78 is 51.4. The zero-order valence-corrected chi connectivity index (χ0v) is 35.3. The van der Waals surface area contributed by atoms with Crippen LogP contribution in [0.3, 0.4) is 0 Å². The number of urea groups is 2. The van der Waals surface area contributed by atoms with E-state index in [1.54, 1.807) is 40.1 Å². The lowest BCUT2D eigenvalue weighted by Crippen LogP contribution is -2.52. The highest BCUT2D eigenvalue weighted by Gasteiger charge is 2.28. The zero-order chi connectivity index (χ0) is 45.5. The second-order valence-corrected chi connectivity index (χ2v) is 14.7. The van der Waals surface area contributed by atoms with Crippen LogP contribution >= 0.6 is 0 Å². The van der Waals surface area contributed by atoms with Crippen molar-refractivity contribution in [3.8, 4) is 0 Å². The molecule has 2 fully saturated rings. The van der Waals surface area contributed by atoms with Crippen LogP contribution in [0.5, 0.6) is 0 Å². The molecule has 0 atom stereocenters. The SMILES string of the molecule is CCN1CCN(C(=O)N(Cc2ccc(C(=O)CN)cn2)c2ccc(F)cc2)CC1.CCN1CCN(C(=O)N(Cc2ccc(C(=O)CNC(=O)C(F)F)cn2)c2ccc(F)cc2)CC1. The van der Waals surface area contributed by atoms with Gasteiger partial charge in [-0.15, -0.1) is 0 Å². The summed E-state index contributed by atoms with van der Waals surface area (Å²) in [5.74, 6) is -3.07. The molecule has 5 amide bonds. The van der Waals surface area contributed by atoms with Gasteiger partial charge in [0.2, 0.25) is 0 Å². The number of ketones is 2. The van der Waals surface area contributed by atoms with E-state index in [4.69, 9.17) is 5.73 Å². The molecule has 63 heavy (non-hydrogen) atoms. The van der Waals surface area contributed by atoms with E-state index < -0.39 is 30.5 Å². The highest BCUT2D eigenvalue weighted by atomic mass is 19.3. The number of nitrogens with zero attached hydrogens (tertiary/aromatic N) is 8. The molecule has 2 aliphatic rings. The first-order valence-corrected chi connectivity index (χ1v) is 20.6. The number of hydrogen-bond acceptors (Lipinski definition) is 10. The third kappa shape index (κ3) is 13.6. The van der Waals surface area contributed by atoms with Crippen molar-refractivity contribution in [2.24, 2.45) is 5.73 Å². The van der Waals surface area contributed by atoms with Crippen molar-refractivity contribution < 1.29 is 41.5 Å². The Morgan fingerprint density at radius 3 is 1.35 bits per heavy atom. The van der Waals surface area contributed by atoms with Gasteiger partial charge in [-0.25, -0.2) is 18.4 Å². The van der Waals surface area contributed by atoms with Crippen LogP contribution in [0.2, 0.25) is 0 Å². The average Bonchev–Trinajstić information content (AvgIpc) is 3.32. The van der Waals surface area contributed by atoms with Gasteiger partial charge in [0.1, 0.15) is 11.6 Å². The maximum absolute atomic E-state index is 13.5. The number of pyridine rings is 2. The first kappa shape index (κ1) is 47.7. The standard InChI is InChI=1S/C23H26F3N5O3.C21H26FN5O2/c1-2-29-9-11-30(12-10-29)23(34)31(19-7-4-17(24)5-8-19)15-18-6-3-16(13-27-18)20(32)14-28-22(33)21(25)26;1-2-25-9-11-26(12-10-25)21(29)27(19-7-4-17(22)5-8-19)15-18-6-3-16(14-24-18)20(28)13-23/h3-8,13,21H,2,9-12,14-15H2,1H3,(H,28,33);3-8,14H,2,9-13,15,23H2,1H3. The third-order valence-corrected chi connectivity index (χ3v) is 10.7. The maximum atomic E-state index is 13.5. The Labute approximate surface area is 363 Å². The van der Waals surface area contributed by atoms with E-state index in [9.17, 15) is 41.5 Å². The third-order valence-electron chi connectivity index (χ3n) is 10.7. The first-order chi connectivity index (χ1) is 30.3. The fourth-order valence-corrected chi connectivity index (χ4v) is 6.79. The van der Waals surface area contributed by atoms with Crippen LogP contribution in [-0.2, 0) is 17.9 Å². The molecule has 2 aliphatic heterocycles. The van der Waals surface area contributed by atoms with Crippen molar-refractivity contribution in [1.29, 1.82) is 0 Å². The van der Waals surface area contributed by atoms with Crippen LogP contribution in [-0.4, -0.2) is 144 Å². The van der Waals surface area contributed by atoms with Crippen LogP contribution < -0.4 is 20.9 Å². The number of halogens is 4. The molecule has 0 radical (unpaired) electrons. The fourth-order valence-electron chi connectivity index (χ4n) is 6.79. The van der Waals surface area contributed by atoms with E-state index in [1.807, 2.05) is 10.2 Å². The lowest BCUT2D eigenvalue weighted by atomic mass is 10.1. The van der Waals surface area contributed by atoms with Crippen molar-refractivity contribution in [2.45, 2.75) is 33.4 Å². The molecule has 2 saturated heterocycles. The molecule has 4 heterocycles. The van der Waals surface area contributed by atoms with Crippen molar-refractivity contribution in [2.75, 3.05) is 88.3 Å². The number of alkyl halides is 2. The van der Waals surface area contributed by atoms with E-state index in [-0.39, 0.29) is 48.9 Å². The Morgan fingerprint density at radius 1 is 0.619 bits per heavy atom. The number of carbonyl (C=O) groups excluding carboxylic acids is 5. The van der Waals surface area contributed by atoms with Crippen LogP contribution in [0, 0.1) is 11.6 Å². The Morgan fingerprint density at radius 2 is 1.02 bits per heavy atom. The fraction of sp³-hybridized carbons (Fsp3) is 0.386. The van der Waals surface area contributed by atoms with Gasteiger partial charge in [-0.2, -0.15) is 8.78 Å². The summed E-state index contributed by atoms with van der Waals surface area (Å²) in [7, 11) is 0. The summed E-state index contributed by atoms with van der Waals surface area (Å²) in [5.41, 5.74) is 8.15. The van der Waals surface area contributed by atoms with Gasteiger partial charge in [0.05, 0.1) is 37.6 Å². The van der Waals surface area contributed by atoms with Gasteiger partial charge in [-0.05, 0) is 85.9 Å². The maximum Gasteiger partial charge on any atom is 0.324 e. The van der Waals surface area contributed by atoms with Gasteiger partial charge < -0.3 is 30.7 Å². The minimum Gasteiger partial charge on any atom is -0.344 e. The summed E-state index contributed by atoms with van der Waals surface area (Å²) in [5, 5.41) is 1.85. The molecule has 0 spiro atoms. The van der Waals surface area contributed by atoms with Crippen molar-refractivity contribution in [3.63, 3.8) is 0 Å². The van der Waals surface area contributed by atoms with Gasteiger partial charge in [0.25, 0.3) is 5.91 Å². The number of amides is 5. The molecule has 0 bridgehead atoms. The van der Waals surface area contributed by atoms with Crippen LogP contribution in [0.4, 0.5) is 38.5 Å². The predicted molar refractivity (Wildman–Crippen MR) is 229 cm³/mol. The Hall–Kier alpha value is -6.31. The van der Waals surface area contributed by atoms with Gasteiger partial charge in [0.15, 0.2) is 11.6 Å². The van der Waals surface area contributed by atoms with Gasteiger partial charge in [-0.3, -0.25) is 34.2 Å². The first-order valence-electron chi connectivity index (χ1n) is 20.6. The summed E-state index contributed by atoms with van der Waals surface area (Å²) in [4.78, 5) is 81.0. The lowest BCUT2D eigenvalue weighted by molar-refractivity contribution is -0.131. The highest BCUT2D eigenvalue weighted by Crippen LogP contribution is 2.22. The lowest BCUT2D eigenvalue weighted by Gasteiger charge is -2.37. The molecule has 4 aromatic rings. The van der Waals surface area contributed by atoms with Gasteiger partial charge in [-0.1, -0.05) is 13.8 Å². The van der Waals surface area contributed by atoms with Crippen LogP contribution in [0.15, 0.2) is 85.2 Å². The monoisotopic (exact) mass is 876 g/mol. The number of likely N-dealkylation sites (N-methyl/N-ethyl adjacent to an activating group) is 2.